The molecule has 1 saturated heterocycles. The third-order valence-corrected chi connectivity index (χ3v) is 4.42. The quantitative estimate of drug-likeness (QED) is 0.832. The molecule has 1 aromatic rings. The van der Waals surface area contributed by atoms with Gasteiger partial charge < -0.3 is 15.2 Å². The molecule has 0 radical (unpaired) electrons. The van der Waals surface area contributed by atoms with Crippen molar-refractivity contribution in [2.45, 2.75) is 65.2 Å². The summed E-state index contributed by atoms with van der Waals surface area (Å²) in [6.45, 7) is 9.46. The lowest BCUT2D eigenvalue weighted by Crippen LogP contribution is -2.49. The zero-order valence-corrected chi connectivity index (χ0v) is 13.9. The maximum absolute atomic E-state index is 11.9. The summed E-state index contributed by atoms with van der Waals surface area (Å²) in [7, 11) is 0. The summed E-state index contributed by atoms with van der Waals surface area (Å²) >= 11 is 0. The van der Waals surface area contributed by atoms with Crippen molar-refractivity contribution in [1.82, 2.24) is 30.3 Å². The van der Waals surface area contributed by atoms with E-state index in [1.807, 2.05) is 11.5 Å². The van der Waals surface area contributed by atoms with E-state index in [0.29, 0.717) is 25.2 Å². The molecule has 0 aliphatic carbocycles. The van der Waals surface area contributed by atoms with Crippen LogP contribution in [0.5, 0.6) is 0 Å². The van der Waals surface area contributed by atoms with Crippen molar-refractivity contribution >= 4 is 6.03 Å². The predicted molar refractivity (Wildman–Crippen MR) is 85.4 cm³/mol. The summed E-state index contributed by atoms with van der Waals surface area (Å²) in [6.07, 6.45) is 5.50. The average Bonchev–Trinajstić information content (AvgIpc) is 2.98. The molecule has 2 heterocycles. The first-order valence-electron chi connectivity index (χ1n) is 8.26. The third-order valence-electron chi connectivity index (χ3n) is 4.42. The highest BCUT2D eigenvalue weighted by atomic mass is 16.2. The van der Waals surface area contributed by atoms with Crippen molar-refractivity contribution < 1.29 is 4.79 Å². The lowest BCUT2D eigenvalue weighted by molar-refractivity contribution is 0.114. The van der Waals surface area contributed by atoms with Crippen LogP contribution in [0.15, 0.2) is 6.33 Å². The van der Waals surface area contributed by atoms with Crippen molar-refractivity contribution in [2.75, 3.05) is 13.1 Å². The summed E-state index contributed by atoms with van der Waals surface area (Å²) in [5, 5.41) is 13.6. The topological polar surface area (TPSA) is 75.1 Å². The second-order valence-electron chi connectivity index (χ2n) is 6.03. The van der Waals surface area contributed by atoms with Crippen molar-refractivity contribution in [3.05, 3.63) is 12.2 Å². The van der Waals surface area contributed by atoms with Gasteiger partial charge in [0, 0.05) is 25.2 Å². The van der Waals surface area contributed by atoms with E-state index in [1.165, 1.54) is 19.3 Å². The molecular formula is C15H28N6O. The van der Waals surface area contributed by atoms with E-state index in [2.05, 4.69) is 39.6 Å². The molecule has 22 heavy (non-hydrogen) atoms. The Morgan fingerprint density at radius 3 is 3.00 bits per heavy atom. The lowest BCUT2D eigenvalue weighted by atomic mass is 10.0. The van der Waals surface area contributed by atoms with Crippen LogP contribution in [0.3, 0.4) is 0 Å². The highest BCUT2D eigenvalue weighted by molar-refractivity contribution is 5.73. The number of urea groups is 1. The van der Waals surface area contributed by atoms with Crippen LogP contribution in [0.1, 0.15) is 45.9 Å². The van der Waals surface area contributed by atoms with Crippen molar-refractivity contribution in [3.8, 4) is 0 Å². The Morgan fingerprint density at radius 2 is 2.27 bits per heavy atom. The maximum Gasteiger partial charge on any atom is 0.315 e. The molecule has 2 amide bonds. The first-order chi connectivity index (χ1) is 10.6. The van der Waals surface area contributed by atoms with Crippen LogP contribution in [0, 0.1) is 0 Å². The Hall–Kier alpha value is -1.63. The first-order valence-corrected chi connectivity index (χ1v) is 8.26. The van der Waals surface area contributed by atoms with Gasteiger partial charge in [0.1, 0.15) is 6.33 Å². The van der Waals surface area contributed by atoms with Gasteiger partial charge in [-0.15, -0.1) is 10.2 Å². The van der Waals surface area contributed by atoms with Crippen LogP contribution in [-0.2, 0) is 13.1 Å². The molecule has 1 aromatic heterocycles. The van der Waals surface area contributed by atoms with Crippen molar-refractivity contribution in [1.29, 1.82) is 0 Å². The minimum atomic E-state index is -0.151. The summed E-state index contributed by atoms with van der Waals surface area (Å²) in [5.41, 5.74) is 0. The smallest absolute Gasteiger partial charge is 0.315 e. The Balaban J connectivity index is 1.71. The van der Waals surface area contributed by atoms with Gasteiger partial charge in [0.25, 0.3) is 0 Å². The molecule has 124 valence electrons. The third kappa shape index (κ3) is 4.43. The Labute approximate surface area is 132 Å². The molecular weight excluding hydrogens is 280 g/mol. The van der Waals surface area contributed by atoms with Gasteiger partial charge in [-0.1, -0.05) is 6.42 Å². The highest BCUT2D eigenvalue weighted by Gasteiger charge is 2.23. The summed E-state index contributed by atoms with van der Waals surface area (Å²) in [5.74, 6) is 0.773. The van der Waals surface area contributed by atoms with Gasteiger partial charge in [-0.2, -0.15) is 0 Å². The van der Waals surface area contributed by atoms with Crippen LogP contribution in [0.25, 0.3) is 0 Å². The van der Waals surface area contributed by atoms with E-state index >= 15 is 0 Å². The van der Waals surface area contributed by atoms with Gasteiger partial charge >= 0.3 is 6.03 Å². The SMILES string of the molecule is CCn1cnnc1CNC(=O)NC[C@H](C)N1CCCC[C@@H]1C. The summed E-state index contributed by atoms with van der Waals surface area (Å²) < 4.78 is 1.91. The van der Waals surface area contributed by atoms with Crippen molar-refractivity contribution in [3.63, 3.8) is 0 Å². The van der Waals surface area contributed by atoms with Crippen LogP contribution in [-0.4, -0.2) is 50.9 Å². The maximum atomic E-state index is 11.9. The Kier molecular flexibility index (Phi) is 6.18. The number of likely N-dealkylation sites (tertiary alicyclic amines) is 1. The van der Waals surface area contributed by atoms with E-state index in [4.69, 9.17) is 0 Å². The number of rotatable bonds is 6. The molecule has 2 atom stereocenters. The highest BCUT2D eigenvalue weighted by Crippen LogP contribution is 2.18. The number of aryl methyl sites for hydroxylation is 1. The minimum absolute atomic E-state index is 0.151. The first kappa shape index (κ1) is 16.7. The second kappa shape index (κ2) is 8.12. The number of amides is 2. The number of hydrogen-bond donors (Lipinski definition) is 2. The monoisotopic (exact) mass is 308 g/mol. The van der Waals surface area contributed by atoms with Crippen LogP contribution < -0.4 is 10.6 Å². The van der Waals surface area contributed by atoms with Crippen molar-refractivity contribution in [2.24, 2.45) is 0 Å². The minimum Gasteiger partial charge on any atom is -0.337 e. The molecule has 1 aliphatic rings. The molecule has 0 bridgehead atoms. The molecule has 1 aliphatic heterocycles. The molecule has 0 spiro atoms. The molecule has 7 heteroatoms. The van der Waals surface area contributed by atoms with E-state index in [1.54, 1.807) is 6.33 Å². The number of nitrogens with one attached hydrogen (secondary N) is 2. The zero-order valence-electron chi connectivity index (χ0n) is 13.9. The molecule has 0 saturated carbocycles. The molecule has 2 rings (SSSR count). The fourth-order valence-electron chi connectivity index (χ4n) is 3.03. The number of aromatic nitrogens is 3. The molecule has 1 fully saturated rings. The molecule has 7 nitrogen and oxygen atoms in total. The average molecular weight is 308 g/mol. The van der Waals surface area contributed by atoms with Gasteiger partial charge in [0.2, 0.25) is 0 Å². The molecule has 0 aromatic carbocycles. The fraction of sp³-hybridized carbons (Fsp3) is 0.800. The number of carbonyl (C=O) groups is 1. The standard InChI is InChI=1S/C15H28N6O/c1-4-20-11-18-19-14(20)10-17-15(22)16-9-13(3)21-8-6-5-7-12(21)2/h11-13H,4-10H2,1-3H3,(H2,16,17,22)/t12-,13-/m0/s1. The van der Waals surface area contributed by atoms with Gasteiger partial charge in [0.05, 0.1) is 6.54 Å². The zero-order chi connectivity index (χ0) is 15.9. The lowest BCUT2D eigenvalue weighted by Gasteiger charge is -2.38. The second-order valence-corrected chi connectivity index (χ2v) is 6.03. The van der Waals surface area contributed by atoms with Gasteiger partial charge in [-0.05, 0) is 40.2 Å². The predicted octanol–water partition coefficient (Wildman–Crippen LogP) is 1.36. The summed E-state index contributed by atoms with van der Waals surface area (Å²) in [4.78, 5) is 14.4. The number of piperidine rings is 1. The fourth-order valence-corrected chi connectivity index (χ4v) is 3.03. The Morgan fingerprint density at radius 1 is 1.45 bits per heavy atom. The van der Waals surface area contributed by atoms with E-state index < -0.39 is 0 Å². The summed E-state index contributed by atoms with van der Waals surface area (Å²) in [6, 6.07) is 0.819. The number of hydrogen-bond acceptors (Lipinski definition) is 4. The van der Waals surface area contributed by atoms with Gasteiger partial charge in [0.15, 0.2) is 5.82 Å². The van der Waals surface area contributed by atoms with E-state index in [0.717, 1.165) is 18.9 Å². The largest absolute Gasteiger partial charge is 0.337 e. The normalized spacial score (nSPS) is 20.6. The van der Waals surface area contributed by atoms with E-state index in [9.17, 15) is 4.79 Å². The number of nitrogens with zero attached hydrogens (tertiary/aromatic N) is 4. The molecule has 0 unspecified atom stereocenters. The van der Waals surface area contributed by atoms with Crippen LogP contribution in [0.4, 0.5) is 4.79 Å². The van der Waals surface area contributed by atoms with Crippen LogP contribution in [0.2, 0.25) is 0 Å². The van der Waals surface area contributed by atoms with Crippen LogP contribution >= 0.6 is 0 Å². The molecule has 2 N–H and O–H groups in total. The van der Waals surface area contributed by atoms with E-state index in [-0.39, 0.29) is 6.03 Å². The van der Waals surface area contributed by atoms with Gasteiger partial charge in [-0.25, -0.2) is 4.79 Å². The number of carbonyl (C=O) groups excluding carboxylic acids is 1. The van der Waals surface area contributed by atoms with Gasteiger partial charge in [-0.3, -0.25) is 4.90 Å². The Bertz CT molecular complexity index is 474.